The molecular weight excluding hydrogens is 408 g/mol. The van der Waals surface area contributed by atoms with Crippen molar-refractivity contribution in [1.29, 1.82) is 0 Å². The Morgan fingerprint density at radius 2 is 1.87 bits per heavy atom. The Morgan fingerprint density at radius 3 is 2.43 bits per heavy atom. The first-order valence-corrected chi connectivity index (χ1v) is 10.5. The van der Waals surface area contributed by atoms with E-state index in [4.69, 9.17) is 11.6 Å². The van der Waals surface area contributed by atoms with Crippen LogP contribution in [0.5, 0.6) is 0 Å². The van der Waals surface area contributed by atoms with Gasteiger partial charge in [-0.2, -0.15) is 0 Å². The van der Waals surface area contributed by atoms with Crippen LogP contribution in [0.3, 0.4) is 0 Å². The van der Waals surface area contributed by atoms with Crippen LogP contribution >= 0.6 is 11.6 Å². The van der Waals surface area contributed by atoms with Crippen molar-refractivity contribution in [2.24, 2.45) is 5.92 Å². The molecule has 2 amide bonds. The molecule has 1 saturated heterocycles. The quantitative estimate of drug-likeness (QED) is 0.563. The average Bonchev–Trinajstić information content (AvgIpc) is 2.72. The maximum Gasteiger partial charge on any atom is 0.327 e. The summed E-state index contributed by atoms with van der Waals surface area (Å²) in [6.45, 7) is 6.85. The van der Waals surface area contributed by atoms with Gasteiger partial charge in [-0.15, -0.1) is 0 Å². The van der Waals surface area contributed by atoms with Crippen molar-refractivity contribution >= 4 is 29.4 Å². The number of likely N-dealkylation sites (N-methyl/N-ethyl adjacent to an activating group) is 1. The molecule has 166 valence electrons. The predicted octanol–water partition coefficient (Wildman–Crippen LogP) is 1.19. The second-order valence-electron chi connectivity index (χ2n) is 7.95. The molecule has 3 unspecified atom stereocenters. The Bertz CT molecular complexity index is 773. The zero-order chi connectivity index (χ0) is 22.4. The normalized spacial score (nSPS) is 19.4. The largest absolute Gasteiger partial charge is 0.480 e. The Balaban J connectivity index is 2.13. The molecule has 3 atom stereocenters. The maximum atomic E-state index is 13.2. The highest BCUT2D eigenvalue weighted by molar-refractivity contribution is 6.31. The number of nitrogens with zero attached hydrogens (tertiary/aromatic N) is 2. The van der Waals surface area contributed by atoms with E-state index >= 15 is 0 Å². The summed E-state index contributed by atoms with van der Waals surface area (Å²) < 4.78 is 0. The van der Waals surface area contributed by atoms with Crippen LogP contribution in [-0.2, 0) is 20.9 Å². The molecule has 2 rings (SSSR count). The number of nitrogens with one attached hydrogen (secondary N) is 2. The van der Waals surface area contributed by atoms with Gasteiger partial charge in [0.1, 0.15) is 12.1 Å². The Kier molecular flexibility index (Phi) is 8.64. The summed E-state index contributed by atoms with van der Waals surface area (Å²) >= 11 is 6.23. The summed E-state index contributed by atoms with van der Waals surface area (Å²) in [5.41, 5.74) is 0.913. The Morgan fingerprint density at radius 1 is 1.20 bits per heavy atom. The van der Waals surface area contributed by atoms with Gasteiger partial charge in [0.25, 0.3) is 0 Å². The Labute approximate surface area is 182 Å². The van der Waals surface area contributed by atoms with Gasteiger partial charge in [0.15, 0.2) is 0 Å². The smallest absolute Gasteiger partial charge is 0.327 e. The molecule has 1 fully saturated rings. The summed E-state index contributed by atoms with van der Waals surface area (Å²) in [5, 5.41) is 16.0. The fourth-order valence-electron chi connectivity index (χ4n) is 3.43. The van der Waals surface area contributed by atoms with E-state index in [9.17, 15) is 19.5 Å². The van der Waals surface area contributed by atoms with Gasteiger partial charge < -0.3 is 20.6 Å². The van der Waals surface area contributed by atoms with E-state index in [-0.39, 0.29) is 30.8 Å². The van der Waals surface area contributed by atoms with Crippen LogP contribution in [-0.4, -0.2) is 77.5 Å². The number of halogens is 1. The van der Waals surface area contributed by atoms with E-state index in [0.29, 0.717) is 18.1 Å². The van der Waals surface area contributed by atoms with Crippen molar-refractivity contribution in [1.82, 2.24) is 20.4 Å². The number of rotatable bonds is 8. The molecule has 1 aliphatic rings. The lowest BCUT2D eigenvalue weighted by Crippen LogP contribution is -2.63. The minimum atomic E-state index is -1.07. The first-order chi connectivity index (χ1) is 14.1. The standard InChI is InChI=1S/C21H31ClN4O4/c1-13(2)18(24-19(27)14(3)23-4)20(28)26-10-9-25(12-17(26)21(29)30)11-15-7-5-6-8-16(15)22/h5-8,13-14,17-18,23H,9-12H2,1-4H3,(H,24,27)(H,29,30). The highest BCUT2D eigenvalue weighted by Crippen LogP contribution is 2.21. The second-order valence-corrected chi connectivity index (χ2v) is 8.36. The molecule has 0 bridgehead atoms. The lowest BCUT2D eigenvalue weighted by molar-refractivity contribution is -0.155. The van der Waals surface area contributed by atoms with Gasteiger partial charge in [0.2, 0.25) is 11.8 Å². The number of hydrogen-bond acceptors (Lipinski definition) is 5. The van der Waals surface area contributed by atoms with Crippen LogP contribution in [0.1, 0.15) is 26.3 Å². The lowest BCUT2D eigenvalue weighted by atomic mass is 10.00. The molecule has 9 heteroatoms. The number of hydrogen-bond donors (Lipinski definition) is 3. The van der Waals surface area contributed by atoms with Gasteiger partial charge in [-0.3, -0.25) is 14.5 Å². The first-order valence-electron chi connectivity index (χ1n) is 10.1. The predicted molar refractivity (Wildman–Crippen MR) is 115 cm³/mol. The van der Waals surface area contributed by atoms with Gasteiger partial charge in [0.05, 0.1) is 6.04 Å². The summed E-state index contributed by atoms with van der Waals surface area (Å²) in [4.78, 5) is 40.8. The molecule has 1 heterocycles. The van der Waals surface area contributed by atoms with Crippen molar-refractivity contribution in [2.75, 3.05) is 26.7 Å². The topological polar surface area (TPSA) is 102 Å². The van der Waals surface area contributed by atoms with Crippen molar-refractivity contribution in [2.45, 2.75) is 45.4 Å². The molecule has 3 N–H and O–H groups in total. The second kappa shape index (κ2) is 10.7. The van der Waals surface area contributed by atoms with E-state index in [1.807, 2.05) is 36.9 Å². The molecule has 1 aliphatic heterocycles. The number of benzene rings is 1. The van der Waals surface area contributed by atoms with Crippen LogP contribution < -0.4 is 10.6 Å². The van der Waals surface area contributed by atoms with Crippen molar-refractivity contribution < 1.29 is 19.5 Å². The third-order valence-electron chi connectivity index (χ3n) is 5.44. The van der Waals surface area contributed by atoms with Crippen LogP contribution in [0, 0.1) is 5.92 Å². The van der Waals surface area contributed by atoms with Crippen molar-refractivity contribution in [3.8, 4) is 0 Å². The number of aliphatic carboxylic acids is 1. The highest BCUT2D eigenvalue weighted by Gasteiger charge is 2.39. The van der Waals surface area contributed by atoms with E-state index in [1.165, 1.54) is 4.90 Å². The van der Waals surface area contributed by atoms with Crippen molar-refractivity contribution in [3.05, 3.63) is 34.9 Å². The van der Waals surface area contributed by atoms with Gasteiger partial charge >= 0.3 is 5.97 Å². The van der Waals surface area contributed by atoms with E-state index in [2.05, 4.69) is 10.6 Å². The zero-order valence-electron chi connectivity index (χ0n) is 17.9. The van der Waals surface area contributed by atoms with E-state index in [1.54, 1.807) is 20.0 Å². The molecule has 1 aromatic carbocycles. The minimum absolute atomic E-state index is 0.180. The summed E-state index contributed by atoms with van der Waals surface area (Å²) in [5.74, 6) is -1.91. The third-order valence-corrected chi connectivity index (χ3v) is 5.81. The van der Waals surface area contributed by atoms with Crippen LogP contribution in [0.25, 0.3) is 0 Å². The van der Waals surface area contributed by atoms with Gasteiger partial charge in [-0.05, 0) is 31.5 Å². The number of carboxylic acids is 1. The first kappa shape index (κ1) is 24.1. The number of carbonyl (C=O) groups is 3. The zero-order valence-corrected chi connectivity index (χ0v) is 18.6. The third kappa shape index (κ3) is 5.93. The van der Waals surface area contributed by atoms with Gasteiger partial charge in [0, 0.05) is 31.2 Å². The molecule has 8 nitrogen and oxygen atoms in total. The maximum absolute atomic E-state index is 13.2. The van der Waals surface area contributed by atoms with Crippen LogP contribution in [0.2, 0.25) is 5.02 Å². The number of amides is 2. The molecule has 0 radical (unpaired) electrons. The fourth-order valence-corrected chi connectivity index (χ4v) is 3.62. The van der Waals surface area contributed by atoms with Crippen molar-refractivity contribution in [3.63, 3.8) is 0 Å². The molecule has 30 heavy (non-hydrogen) atoms. The molecule has 0 saturated carbocycles. The SMILES string of the molecule is CNC(C)C(=O)NC(C(=O)N1CCN(Cc2ccccc2Cl)CC1C(=O)O)C(C)C. The number of carboxylic acid groups (broad SMARTS) is 1. The molecule has 0 aromatic heterocycles. The summed E-state index contributed by atoms with van der Waals surface area (Å²) in [6, 6.07) is 5.20. The minimum Gasteiger partial charge on any atom is -0.480 e. The molecular formula is C21H31ClN4O4. The monoisotopic (exact) mass is 438 g/mol. The number of piperazine rings is 1. The van der Waals surface area contributed by atoms with Crippen LogP contribution in [0.15, 0.2) is 24.3 Å². The van der Waals surface area contributed by atoms with E-state index < -0.39 is 24.1 Å². The van der Waals surface area contributed by atoms with Crippen LogP contribution in [0.4, 0.5) is 0 Å². The summed E-state index contributed by atoms with van der Waals surface area (Å²) in [6.07, 6.45) is 0. The fraction of sp³-hybridized carbons (Fsp3) is 0.571. The molecule has 0 aliphatic carbocycles. The molecule has 1 aromatic rings. The van der Waals surface area contributed by atoms with Gasteiger partial charge in [-0.25, -0.2) is 4.79 Å². The highest BCUT2D eigenvalue weighted by atomic mass is 35.5. The van der Waals surface area contributed by atoms with Gasteiger partial charge in [-0.1, -0.05) is 43.6 Å². The van der Waals surface area contributed by atoms with E-state index in [0.717, 1.165) is 5.56 Å². The Hall–Kier alpha value is -2.16. The number of carbonyl (C=O) groups excluding carboxylic acids is 2. The lowest BCUT2D eigenvalue weighted by Gasteiger charge is -2.41. The summed E-state index contributed by atoms with van der Waals surface area (Å²) in [7, 11) is 1.66. The average molecular weight is 439 g/mol. The molecule has 0 spiro atoms.